The first kappa shape index (κ1) is 13.4. The van der Waals surface area contributed by atoms with Crippen molar-refractivity contribution in [2.75, 3.05) is 7.11 Å². The van der Waals surface area contributed by atoms with Gasteiger partial charge in [-0.05, 0) is 22.9 Å². The van der Waals surface area contributed by atoms with Crippen LogP contribution in [0, 0.1) is 11.8 Å². The van der Waals surface area contributed by atoms with E-state index >= 15 is 0 Å². The fraction of sp³-hybridized carbons (Fsp3) is 0.100. The van der Waals surface area contributed by atoms with E-state index < -0.39 is 0 Å². The van der Waals surface area contributed by atoms with Gasteiger partial charge in [-0.25, -0.2) is 0 Å². The summed E-state index contributed by atoms with van der Waals surface area (Å²) < 4.78 is 5.59. The summed E-state index contributed by atoms with van der Waals surface area (Å²) in [6, 6.07) is 24.5. The molecule has 0 aliphatic heterocycles. The Bertz CT molecular complexity index is 789. The monoisotopic (exact) mass is 272 g/mol. The third-order valence-electron chi connectivity index (χ3n) is 3.46. The van der Waals surface area contributed by atoms with E-state index in [1.165, 1.54) is 10.8 Å². The first-order valence-electron chi connectivity index (χ1n) is 6.95. The molecule has 0 aliphatic carbocycles. The zero-order valence-corrected chi connectivity index (χ0v) is 11.9. The molecule has 0 fully saturated rings. The molecule has 0 aromatic heterocycles. The summed E-state index contributed by atoms with van der Waals surface area (Å²) in [5.74, 6) is 6.41. The Morgan fingerprint density at radius 2 is 1.52 bits per heavy atom. The summed E-state index contributed by atoms with van der Waals surface area (Å²) in [5, 5.41) is 2.40. The fourth-order valence-corrected chi connectivity index (χ4v) is 2.41. The number of ether oxygens (including phenoxy) is 1. The van der Waals surface area contributed by atoms with E-state index in [-0.39, 0.29) is 6.10 Å². The standard InChI is InChI=1S/C20H16O/c1-21-20(15-14-16-8-3-2-4-9-16)19-13-7-11-17-10-5-6-12-18(17)19/h2-13,20H,1H3. The Labute approximate surface area is 125 Å². The van der Waals surface area contributed by atoms with Gasteiger partial charge in [0.2, 0.25) is 0 Å². The van der Waals surface area contributed by atoms with Crippen LogP contribution in [-0.4, -0.2) is 7.11 Å². The molecule has 102 valence electrons. The molecule has 0 amide bonds. The second-order valence-corrected chi connectivity index (χ2v) is 4.82. The number of rotatable bonds is 2. The molecule has 0 bridgehead atoms. The molecule has 1 atom stereocenters. The Kier molecular flexibility index (Phi) is 4.00. The van der Waals surface area contributed by atoms with Gasteiger partial charge < -0.3 is 4.74 Å². The van der Waals surface area contributed by atoms with Crippen molar-refractivity contribution in [1.29, 1.82) is 0 Å². The smallest absolute Gasteiger partial charge is 0.144 e. The highest BCUT2D eigenvalue weighted by Gasteiger charge is 2.10. The van der Waals surface area contributed by atoms with Gasteiger partial charge in [0.25, 0.3) is 0 Å². The van der Waals surface area contributed by atoms with Gasteiger partial charge in [-0.1, -0.05) is 72.5 Å². The zero-order valence-electron chi connectivity index (χ0n) is 11.9. The molecule has 0 spiro atoms. The molecular weight excluding hydrogens is 256 g/mol. The highest BCUT2D eigenvalue weighted by atomic mass is 16.5. The average Bonchev–Trinajstić information content (AvgIpc) is 2.56. The van der Waals surface area contributed by atoms with Crippen molar-refractivity contribution in [3.63, 3.8) is 0 Å². The first-order chi connectivity index (χ1) is 10.4. The largest absolute Gasteiger partial charge is 0.364 e. The van der Waals surface area contributed by atoms with E-state index in [1.54, 1.807) is 7.11 Å². The Balaban J connectivity index is 2.02. The molecule has 3 aromatic carbocycles. The summed E-state index contributed by atoms with van der Waals surface area (Å²) in [4.78, 5) is 0. The van der Waals surface area contributed by atoms with Gasteiger partial charge in [-0.15, -0.1) is 0 Å². The lowest BCUT2D eigenvalue weighted by Crippen LogP contribution is -1.99. The quantitative estimate of drug-likeness (QED) is 0.620. The van der Waals surface area contributed by atoms with Gasteiger partial charge in [-0.3, -0.25) is 0 Å². The number of hydrogen-bond acceptors (Lipinski definition) is 1. The van der Waals surface area contributed by atoms with Gasteiger partial charge >= 0.3 is 0 Å². The van der Waals surface area contributed by atoms with Crippen molar-refractivity contribution in [2.45, 2.75) is 6.10 Å². The van der Waals surface area contributed by atoms with E-state index in [4.69, 9.17) is 4.74 Å². The van der Waals surface area contributed by atoms with Gasteiger partial charge in [-0.2, -0.15) is 0 Å². The second kappa shape index (κ2) is 6.26. The van der Waals surface area contributed by atoms with Crippen molar-refractivity contribution in [1.82, 2.24) is 0 Å². The van der Waals surface area contributed by atoms with Crippen LogP contribution in [0.5, 0.6) is 0 Å². The fourth-order valence-electron chi connectivity index (χ4n) is 2.41. The molecule has 1 nitrogen and oxygen atoms in total. The summed E-state index contributed by atoms with van der Waals surface area (Å²) in [7, 11) is 1.70. The summed E-state index contributed by atoms with van der Waals surface area (Å²) in [6.45, 7) is 0. The van der Waals surface area contributed by atoms with Gasteiger partial charge in [0, 0.05) is 18.2 Å². The molecule has 21 heavy (non-hydrogen) atoms. The predicted octanol–water partition coefficient (Wildman–Crippen LogP) is 4.58. The second-order valence-electron chi connectivity index (χ2n) is 4.82. The van der Waals surface area contributed by atoms with Crippen molar-refractivity contribution in [3.8, 4) is 11.8 Å². The molecule has 3 rings (SSSR count). The normalized spacial score (nSPS) is 11.7. The lowest BCUT2D eigenvalue weighted by Gasteiger charge is -2.12. The van der Waals surface area contributed by atoms with Gasteiger partial charge in [0.1, 0.15) is 6.10 Å². The van der Waals surface area contributed by atoms with Gasteiger partial charge in [0.05, 0.1) is 0 Å². The molecule has 0 heterocycles. The maximum atomic E-state index is 5.59. The number of fused-ring (bicyclic) bond motifs is 1. The SMILES string of the molecule is COC(C#Cc1ccccc1)c1cccc2ccccc12. The Hall–Kier alpha value is -2.56. The topological polar surface area (TPSA) is 9.23 Å². The first-order valence-corrected chi connectivity index (χ1v) is 6.95. The third-order valence-corrected chi connectivity index (χ3v) is 3.46. The minimum absolute atomic E-state index is 0.226. The molecule has 0 aliphatic rings. The summed E-state index contributed by atoms with van der Waals surface area (Å²) in [5.41, 5.74) is 2.11. The van der Waals surface area contributed by atoms with Gasteiger partial charge in [0.15, 0.2) is 0 Å². The molecule has 0 saturated heterocycles. The van der Waals surface area contributed by atoms with Crippen LogP contribution >= 0.6 is 0 Å². The van der Waals surface area contributed by atoms with E-state index in [9.17, 15) is 0 Å². The lowest BCUT2D eigenvalue weighted by atomic mass is 10.0. The Morgan fingerprint density at radius 1 is 0.810 bits per heavy atom. The van der Waals surface area contributed by atoms with Crippen molar-refractivity contribution >= 4 is 10.8 Å². The van der Waals surface area contributed by atoms with Crippen LogP contribution in [-0.2, 0) is 4.74 Å². The Morgan fingerprint density at radius 3 is 2.33 bits per heavy atom. The molecule has 0 radical (unpaired) electrons. The molecule has 0 saturated carbocycles. The summed E-state index contributed by atoms with van der Waals surface area (Å²) >= 11 is 0. The molecule has 0 N–H and O–H groups in total. The number of benzene rings is 3. The molecule has 1 unspecified atom stereocenters. The predicted molar refractivity (Wildman–Crippen MR) is 87.0 cm³/mol. The minimum atomic E-state index is -0.226. The number of methoxy groups -OCH3 is 1. The van der Waals surface area contributed by atoms with E-state index in [0.717, 1.165) is 11.1 Å². The lowest BCUT2D eigenvalue weighted by molar-refractivity contribution is 0.151. The third kappa shape index (κ3) is 2.97. The van der Waals surface area contributed by atoms with Crippen LogP contribution < -0.4 is 0 Å². The highest BCUT2D eigenvalue weighted by molar-refractivity contribution is 5.86. The van der Waals surface area contributed by atoms with E-state index in [1.807, 2.05) is 48.5 Å². The number of hydrogen-bond donors (Lipinski definition) is 0. The van der Waals surface area contributed by atoms with Crippen molar-refractivity contribution in [2.24, 2.45) is 0 Å². The van der Waals surface area contributed by atoms with Crippen LogP contribution in [0.25, 0.3) is 10.8 Å². The van der Waals surface area contributed by atoms with Crippen LogP contribution in [0.2, 0.25) is 0 Å². The molecular formula is C20H16O. The van der Waals surface area contributed by atoms with Crippen LogP contribution in [0.4, 0.5) is 0 Å². The molecule has 1 heteroatoms. The summed E-state index contributed by atoms with van der Waals surface area (Å²) in [6.07, 6.45) is -0.226. The average molecular weight is 272 g/mol. The maximum Gasteiger partial charge on any atom is 0.144 e. The van der Waals surface area contributed by atoms with E-state index in [0.29, 0.717) is 0 Å². The zero-order chi connectivity index (χ0) is 14.5. The highest BCUT2D eigenvalue weighted by Crippen LogP contribution is 2.25. The van der Waals surface area contributed by atoms with Crippen LogP contribution in [0.15, 0.2) is 72.8 Å². The van der Waals surface area contributed by atoms with Crippen molar-refractivity contribution < 1.29 is 4.74 Å². The van der Waals surface area contributed by atoms with E-state index in [2.05, 4.69) is 36.1 Å². The maximum absolute atomic E-state index is 5.59. The van der Waals surface area contributed by atoms with Crippen LogP contribution in [0.1, 0.15) is 17.2 Å². The van der Waals surface area contributed by atoms with Crippen molar-refractivity contribution in [3.05, 3.63) is 83.9 Å². The van der Waals surface area contributed by atoms with Crippen LogP contribution in [0.3, 0.4) is 0 Å². The molecule has 3 aromatic rings. The minimum Gasteiger partial charge on any atom is -0.364 e.